The Hall–Kier alpha value is -3.33. The van der Waals surface area contributed by atoms with Crippen LogP contribution in [0.4, 0.5) is 5.69 Å². The molecule has 3 aromatic carbocycles. The molecule has 1 amide bonds. The first-order valence-electron chi connectivity index (χ1n) is 9.35. The average Bonchev–Trinajstić information content (AvgIpc) is 2.69. The van der Waals surface area contributed by atoms with E-state index in [0.29, 0.717) is 6.61 Å². The van der Waals surface area contributed by atoms with Gasteiger partial charge in [-0.15, -0.1) is 0 Å². The third kappa shape index (κ3) is 5.34. The van der Waals surface area contributed by atoms with Crippen molar-refractivity contribution in [3.63, 3.8) is 0 Å². The number of amides is 1. The van der Waals surface area contributed by atoms with Crippen molar-refractivity contribution >= 4 is 17.7 Å². The molecular formula is C25H25NO2. The van der Waals surface area contributed by atoms with E-state index < -0.39 is 0 Å². The molecule has 1 N–H and O–H groups in total. The van der Waals surface area contributed by atoms with Gasteiger partial charge in [0, 0.05) is 11.8 Å². The summed E-state index contributed by atoms with van der Waals surface area (Å²) in [5, 5.41) is 2.98. The Morgan fingerprint density at radius 1 is 0.929 bits per heavy atom. The second kappa shape index (κ2) is 9.05. The van der Waals surface area contributed by atoms with Crippen molar-refractivity contribution in [2.45, 2.75) is 27.4 Å². The van der Waals surface area contributed by atoms with Gasteiger partial charge in [0.2, 0.25) is 5.91 Å². The molecular weight excluding hydrogens is 346 g/mol. The van der Waals surface area contributed by atoms with Crippen LogP contribution in [-0.4, -0.2) is 5.91 Å². The lowest BCUT2D eigenvalue weighted by atomic mass is 10.1. The largest absolute Gasteiger partial charge is 0.489 e. The molecule has 0 aromatic heterocycles. The van der Waals surface area contributed by atoms with Crippen LogP contribution in [0.5, 0.6) is 5.75 Å². The van der Waals surface area contributed by atoms with Gasteiger partial charge in [-0.25, -0.2) is 0 Å². The number of rotatable bonds is 6. The summed E-state index contributed by atoms with van der Waals surface area (Å²) in [5.41, 5.74) is 6.23. The Labute approximate surface area is 166 Å². The van der Waals surface area contributed by atoms with Crippen LogP contribution >= 0.6 is 0 Å². The number of carbonyl (C=O) groups is 1. The highest BCUT2D eigenvalue weighted by molar-refractivity contribution is 6.02. The Morgan fingerprint density at radius 2 is 1.64 bits per heavy atom. The molecule has 28 heavy (non-hydrogen) atoms. The highest BCUT2D eigenvalue weighted by Crippen LogP contribution is 2.22. The minimum Gasteiger partial charge on any atom is -0.489 e. The lowest BCUT2D eigenvalue weighted by Gasteiger charge is -2.11. The Morgan fingerprint density at radius 3 is 2.36 bits per heavy atom. The first kappa shape index (κ1) is 19.4. The Bertz CT molecular complexity index is 967. The molecule has 0 aliphatic heterocycles. The van der Waals surface area contributed by atoms with Gasteiger partial charge in [-0.2, -0.15) is 0 Å². The molecule has 142 valence electrons. The van der Waals surface area contributed by atoms with Gasteiger partial charge in [-0.3, -0.25) is 4.79 Å². The van der Waals surface area contributed by atoms with Gasteiger partial charge in [0.25, 0.3) is 0 Å². The monoisotopic (exact) mass is 371 g/mol. The van der Waals surface area contributed by atoms with E-state index in [1.807, 2.05) is 68.4 Å². The predicted octanol–water partition coefficient (Wildman–Crippen LogP) is 5.84. The van der Waals surface area contributed by atoms with Crippen molar-refractivity contribution in [2.24, 2.45) is 0 Å². The number of hydrogen-bond donors (Lipinski definition) is 1. The van der Waals surface area contributed by atoms with Crippen LogP contribution in [0.3, 0.4) is 0 Å². The molecule has 0 radical (unpaired) electrons. The van der Waals surface area contributed by atoms with Crippen LogP contribution in [0.2, 0.25) is 0 Å². The molecule has 0 aliphatic carbocycles. The average molecular weight is 371 g/mol. The minimum atomic E-state index is -0.148. The molecule has 0 saturated heterocycles. The van der Waals surface area contributed by atoms with E-state index in [2.05, 4.69) is 24.4 Å². The molecule has 0 aliphatic rings. The SMILES string of the molecule is Cc1cc(C)c(NC(=O)/C=C/c2cccc(OCc3ccccc3)c2)c(C)c1. The fourth-order valence-electron chi connectivity index (χ4n) is 3.16. The lowest BCUT2D eigenvalue weighted by molar-refractivity contribution is -0.111. The molecule has 0 saturated carbocycles. The zero-order chi connectivity index (χ0) is 19.9. The lowest BCUT2D eigenvalue weighted by Crippen LogP contribution is -2.10. The molecule has 0 spiro atoms. The molecule has 3 heteroatoms. The molecule has 0 bridgehead atoms. The van der Waals surface area contributed by atoms with Gasteiger partial charge >= 0.3 is 0 Å². The fourth-order valence-corrected chi connectivity index (χ4v) is 3.16. The van der Waals surface area contributed by atoms with Crippen LogP contribution < -0.4 is 10.1 Å². The standard InChI is InChI=1S/C25H25NO2/c1-18-14-19(2)25(20(3)15-18)26-24(27)13-12-21-10-7-11-23(16-21)28-17-22-8-5-4-6-9-22/h4-16H,17H2,1-3H3,(H,26,27)/b13-12+. The van der Waals surface area contributed by atoms with E-state index in [4.69, 9.17) is 4.74 Å². The highest BCUT2D eigenvalue weighted by Gasteiger charge is 2.06. The predicted molar refractivity (Wildman–Crippen MR) is 116 cm³/mol. The van der Waals surface area contributed by atoms with E-state index in [1.165, 1.54) is 5.56 Å². The molecule has 3 nitrogen and oxygen atoms in total. The third-order valence-electron chi connectivity index (χ3n) is 4.46. The summed E-state index contributed by atoms with van der Waals surface area (Å²) >= 11 is 0. The number of ether oxygens (including phenoxy) is 1. The molecule has 3 rings (SSSR count). The summed E-state index contributed by atoms with van der Waals surface area (Å²) < 4.78 is 5.84. The van der Waals surface area contributed by atoms with Gasteiger partial charge < -0.3 is 10.1 Å². The number of hydrogen-bond acceptors (Lipinski definition) is 2. The van der Waals surface area contributed by atoms with Crippen molar-refractivity contribution in [3.05, 3.63) is 101 Å². The van der Waals surface area contributed by atoms with Crippen LogP contribution in [0, 0.1) is 20.8 Å². The van der Waals surface area contributed by atoms with Crippen molar-refractivity contribution in [2.75, 3.05) is 5.32 Å². The van der Waals surface area contributed by atoms with Crippen molar-refractivity contribution in [3.8, 4) is 5.75 Å². The first-order valence-corrected chi connectivity index (χ1v) is 9.35. The summed E-state index contributed by atoms with van der Waals surface area (Å²) in [5.74, 6) is 0.627. The number of carbonyl (C=O) groups excluding carboxylic acids is 1. The van der Waals surface area contributed by atoms with Gasteiger partial charge in [0.05, 0.1) is 0 Å². The highest BCUT2D eigenvalue weighted by atomic mass is 16.5. The maximum absolute atomic E-state index is 12.3. The molecule has 0 unspecified atom stereocenters. The first-order chi connectivity index (χ1) is 13.5. The smallest absolute Gasteiger partial charge is 0.248 e. The molecule has 0 atom stereocenters. The molecule has 0 fully saturated rings. The van der Waals surface area contributed by atoms with E-state index in [-0.39, 0.29) is 5.91 Å². The molecule has 3 aromatic rings. The number of nitrogens with one attached hydrogen (secondary N) is 1. The van der Waals surface area contributed by atoms with Crippen LogP contribution in [-0.2, 0) is 11.4 Å². The fraction of sp³-hybridized carbons (Fsp3) is 0.160. The number of benzene rings is 3. The zero-order valence-electron chi connectivity index (χ0n) is 16.5. The van der Waals surface area contributed by atoms with Crippen molar-refractivity contribution < 1.29 is 9.53 Å². The van der Waals surface area contributed by atoms with Crippen molar-refractivity contribution in [1.82, 2.24) is 0 Å². The second-order valence-corrected chi connectivity index (χ2v) is 6.94. The summed E-state index contributed by atoms with van der Waals surface area (Å²) in [6.45, 7) is 6.58. The van der Waals surface area contributed by atoms with E-state index in [1.54, 1.807) is 12.2 Å². The van der Waals surface area contributed by atoms with E-state index in [9.17, 15) is 4.79 Å². The summed E-state index contributed by atoms with van der Waals surface area (Å²) in [4.78, 5) is 12.3. The van der Waals surface area contributed by atoms with E-state index >= 15 is 0 Å². The third-order valence-corrected chi connectivity index (χ3v) is 4.46. The summed E-state index contributed by atoms with van der Waals surface area (Å²) in [7, 11) is 0. The van der Waals surface area contributed by atoms with Gasteiger partial charge in [-0.05, 0) is 61.2 Å². The zero-order valence-corrected chi connectivity index (χ0v) is 16.5. The minimum absolute atomic E-state index is 0.148. The van der Waals surface area contributed by atoms with Crippen molar-refractivity contribution in [1.29, 1.82) is 0 Å². The Kier molecular flexibility index (Phi) is 6.28. The number of anilines is 1. The van der Waals surface area contributed by atoms with Gasteiger partial charge in [-0.1, -0.05) is 60.2 Å². The van der Waals surface area contributed by atoms with Gasteiger partial charge in [0.1, 0.15) is 12.4 Å². The maximum atomic E-state index is 12.3. The summed E-state index contributed by atoms with van der Waals surface area (Å²) in [6, 6.07) is 21.9. The summed E-state index contributed by atoms with van der Waals surface area (Å²) in [6.07, 6.45) is 3.35. The molecule has 0 heterocycles. The van der Waals surface area contributed by atoms with Gasteiger partial charge in [0.15, 0.2) is 0 Å². The van der Waals surface area contributed by atoms with Crippen LogP contribution in [0.1, 0.15) is 27.8 Å². The normalized spacial score (nSPS) is 10.8. The van der Waals surface area contributed by atoms with Crippen LogP contribution in [0.15, 0.2) is 72.8 Å². The topological polar surface area (TPSA) is 38.3 Å². The van der Waals surface area contributed by atoms with E-state index in [0.717, 1.165) is 33.7 Å². The second-order valence-electron chi connectivity index (χ2n) is 6.94. The number of aryl methyl sites for hydroxylation is 3. The quantitative estimate of drug-likeness (QED) is 0.553. The maximum Gasteiger partial charge on any atom is 0.248 e. The Balaban J connectivity index is 1.63. The van der Waals surface area contributed by atoms with Crippen LogP contribution in [0.25, 0.3) is 6.08 Å².